The largest absolute Gasteiger partial charge is 0.467 e. The first kappa shape index (κ1) is 23.2. The van der Waals surface area contributed by atoms with Crippen LogP contribution in [0.3, 0.4) is 0 Å². The minimum atomic E-state index is -0.463. The van der Waals surface area contributed by atoms with Crippen molar-refractivity contribution in [1.29, 1.82) is 0 Å². The Labute approximate surface area is 211 Å². The zero-order valence-electron chi connectivity index (χ0n) is 19.0. The number of furan rings is 1. The molecule has 5 nitrogen and oxygen atoms in total. The van der Waals surface area contributed by atoms with Crippen LogP contribution in [-0.2, 0) is 11.3 Å². The summed E-state index contributed by atoms with van der Waals surface area (Å²) in [4.78, 5) is 20.3. The highest BCUT2D eigenvalue weighted by atomic mass is 35.5. The Hall–Kier alpha value is -3.55. The summed E-state index contributed by atoms with van der Waals surface area (Å²) in [5, 5.41) is 0.648. The van der Waals surface area contributed by atoms with Crippen LogP contribution in [0.4, 0.5) is 10.1 Å². The molecule has 0 unspecified atom stereocenters. The van der Waals surface area contributed by atoms with Crippen LogP contribution in [0.2, 0.25) is 5.02 Å². The molecule has 1 aliphatic rings. The summed E-state index contributed by atoms with van der Waals surface area (Å²) in [7, 11) is 0. The van der Waals surface area contributed by atoms with E-state index >= 15 is 0 Å². The fraction of sp³-hybridized carbons (Fsp3) is 0.111. The number of aryl methyl sites for hydroxylation is 1. The van der Waals surface area contributed by atoms with Crippen molar-refractivity contribution in [3.05, 3.63) is 111 Å². The molecule has 0 N–H and O–H groups in total. The van der Waals surface area contributed by atoms with Crippen LogP contribution in [0.15, 0.2) is 87.3 Å². The average Bonchev–Trinajstić information content (AvgIpc) is 3.53. The van der Waals surface area contributed by atoms with E-state index in [0.29, 0.717) is 15.8 Å². The number of amidine groups is 1. The lowest BCUT2D eigenvalue weighted by molar-refractivity contribution is -0.122. The van der Waals surface area contributed by atoms with E-state index in [4.69, 9.17) is 21.0 Å². The molecular weight excluding hydrogens is 485 g/mol. The molecule has 2 aromatic carbocycles. The van der Waals surface area contributed by atoms with Gasteiger partial charge in [0.15, 0.2) is 5.17 Å². The lowest BCUT2D eigenvalue weighted by Gasteiger charge is -2.13. The van der Waals surface area contributed by atoms with E-state index in [1.807, 2.05) is 67.0 Å². The molecule has 4 aromatic rings. The topological polar surface area (TPSA) is 50.7 Å². The minimum Gasteiger partial charge on any atom is -0.467 e. The van der Waals surface area contributed by atoms with E-state index in [0.717, 1.165) is 28.3 Å². The second kappa shape index (κ2) is 9.60. The number of thioether (sulfide) groups is 1. The summed E-state index contributed by atoms with van der Waals surface area (Å²) in [6, 6.07) is 19.8. The number of benzene rings is 2. The third-order valence-corrected chi connectivity index (χ3v) is 6.98. The van der Waals surface area contributed by atoms with Gasteiger partial charge in [-0.25, -0.2) is 9.38 Å². The summed E-state index contributed by atoms with van der Waals surface area (Å²) in [5.41, 5.74) is 4.26. The van der Waals surface area contributed by atoms with E-state index < -0.39 is 5.82 Å². The molecule has 0 radical (unpaired) electrons. The smallest absolute Gasteiger partial charge is 0.267 e. The maximum atomic E-state index is 13.7. The maximum absolute atomic E-state index is 13.7. The number of aromatic nitrogens is 1. The van der Waals surface area contributed by atoms with Gasteiger partial charge in [-0.05, 0) is 85.8 Å². The van der Waals surface area contributed by atoms with Crippen LogP contribution in [0.25, 0.3) is 11.8 Å². The number of amides is 1. The molecule has 3 heterocycles. The van der Waals surface area contributed by atoms with Gasteiger partial charge >= 0.3 is 0 Å². The van der Waals surface area contributed by atoms with Crippen molar-refractivity contribution in [2.24, 2.45) is 4.99 Å². The molecular formula is C27H21ClFN3O2S. The van der Waals surface area contributed by atoms with Crippen LogP contribution >= 0.6 is 23.4 Å². The van der Waals surface area contributed by atoms with Gasteiger partial charge in [0, 0.05) is 17.1 Å². The van der Waals surface area contributed by atoms with Gasteiger partial charge in [-0.1, -0.05) is 29.8 Å². The Kier molecular flexibility index (Phi) is 6.36. The molecule has 0 atom stereocenters. The van der Waals surface area contributed by atoms with Crippen molar-refractivity contribution in [1.82, 2.24) is 9.47 Å². The van der Waals surface area contributed by atoms with Crippen molar-refractivity contribution in [2.75, 3.05) is 0 Å². The molecule has 2 aromatic heterocycles. The summed E-state index contributed by atoms with van der Waals surface area (Å²) in [6.07, 6.45) is 3.46. The van der Waals surface area contributed by atoms with Gasteiger partial charge < -0.3 is 8.98 Å². The maximum Gasteiger partial charge on any atom is 0.267 e. The molecule has 1 amide bonds. The van der Waals surface area contributed by atoms with Crippen LogP contribution in [0.5, 0.6) is 0 Å². The van der Waals surface area contributed by atoms with E-state index in [2.05, 4.69) is 0 Å². The Morgan fingerprint density at radius 2 is 1.89 bits per heavy atom. The molecule has 0 spiro atoms. The van der Waals surface area contributed by atoms with Gasteiger partial charge in [-0.2, -0.15) is 0 Å². The van der Waals surface area contributed by atoms with Crippen molar-refractivity contribution in [2.45, 2.75) is 20.4 Å². The molecule has 8 heteroatoms. The number of nitrogens with zero attached hydrogens (tertiary/aromatic N) is 3. The zero-order chi connectivity index (χ0) is 24.5. The highest BCUT2D eigenvalue weighted by molar-refractivity contribution is 8.18. The summed E-state index contributed by atoms with van der Waals surface area (Å²) < 4.78 is 21.2. The monoisotopic (exact) mass is 505 g/mol. The molecule has 1 aliphatic heterocycles. The van der Waals surface area contributed by atoms with Gasteiger partial charge in [0.1, 0.15) is 11.6 Å². The van der Waals surface area contributed by atoms with Gasteiger partial charge in [-0.3, -0.25) is 9.69 Å². The van der Waals surface area contributed by atoms with Gasteiger partial charge in [0.05, 0.1) is 28.4 Å². The quantitative estimate of drug-likeness (QED) is 0.268. The molecule has 1 fully saturated rings. The minimum absolute atomic E-state index is 0.0618. The fourth-order valence-corrected chi connectivity index (χ4v) is 5.16. The van der Waals surface area contributed by atoms with E-state index in [1.165, 1.54) is 17.8 Å². The van der Waals surface area contributed by atoms with E-state index in [9.17, 15) is 9.18 Å². The van der Waals surface area contributed by atoms with Crippen molar-refractivity contribution in [3.8, 4) is 5.69 Å². The predicted molar refractivity (Wildman–Crippen MR) is 139 cm³/mol. The summed E-state index contributed by atoms with van der Waals surface area (Å²) in [6.45, 7) is 4.21. The van der Waals surface area contributed by atoms with Crippen molar-refractivity contribution >= 4 is 46.2 Å². The SMILES string of the molecule is Cc1cc(/C=C2\SC(=Nc3ccccc3)N(Cc3ccco3)C2=O)c(C)n1-c1ccc(F)c(Cl)c1. The lowest BCUT2D eigenvalue weighted by atomic mass is 10.2. The first-order valence-electron chi connectivity index (χ1n) is 10.9. The molecule has 35 heavy (non-hydrogen) atoms. The Bertz CT molecular complexity index is 1460. The molecule has 0 aliphatic carbocycles. The number of hydrogen-bond acceptors (Lipinski definition) is 4. The number of halogens is 2. The predicted octanol–water partition coefficient (Wildman–Crippen LogP) is 7.28. The molecule has 5 rings (SSSR count). The van der Waals surface area contributed by atoms with Gasteiger partial charge in [0.25, 0.3) is 5.91 Å². The summed E-state index contributed by atoms with van der Waals surface area (Å²) >= 11 is 7.34. The molecule has 0 bridgehead atoms. The molecule has 1 saturated heterocycles. The van der Waals surface area contributed by atoms with E-state index in [-0.39, 0.29) is 17.5 Å². The summed E-state index contributed by atoms with van der Waals surface area (Å²) in [5.74, 6) is 0.0677. The zero-order valence-corrected chi connectivity index (χ0v) is 20.6. The Balaban J connectivity index is 1.52. The van der Waals surface area contributed by atoms with Crippen LogP contribution in [0.1, 0.15) is 22.7 Å². The average molecular weight is 506 g/mol. The second-order valence-electron chi connectivity index (χ2n) is 8.07. The van der Waals surface area contributed by atoms with Crippen LogP contribution in [0, 0.1) is 19.7 Å². The number of rotatable bonds is 5. The van der Waals surface area contributed by atoms with Crippen LogP contribution < -0.4 is 0 Å². The van der Waals surface area contributed by atoms with Gasteiger partial charge in [0.2, 0.25) is 0 Å². The van der Waals surface area contributed by atoms with Crippen molar-refractivity contribution < 1.29 is 13.6 Å². The second-order valence-corrected chi connectivity index (χ2v) is 9.49. The number of hydrogen-bond donors (Lipinski definition) is 0. The van der Waals surface area contributed by atoms with E-state index in [1.54, 1.807) is 29.4 Å². The molecule has 0 saturated carbocycles. The first-order chi connectivity index (χ1) is 16.9. The molecule has 176 valence electrons. The van der Waals surface area contributed by atoms with Crippen LogP contribution in [-0.4, -0.2) is 20.5 Å². The third-order valence-electron chi connectivity index (χ3n) is 5.68. The number of carbonyl (C=O) groups excluding carboxylic acids is 1. The standard InChI is InChI=1S/C27H21ClFN3O2S/c1-17-13-19(18(2)32(17)21-10-11-24(29)23(28)15-21)14-25-26(33)31(16-22-9-6-12-34-22)27(35-25)30-20-7-4-3-5-8-20/h3-15H,16H2,1-2H3/b25-14-,30-27?. The highest BCUT2D eigenvalue weighted by Crippen LogP contribution is 2.36. The fourth-order valence-electron chi connectivity index (χ4n) is 4.00. The Morgan fingerprint density at radius 1 is 1.09 bits per heavy atom. The van der Waals surface area contributed by atoms with Gasteiger partial charge in [-0.15, -0.1) is 0 Å². The number of aliphatic imine (C=N–C) groups is 1. The van der Waals surface area contributed by atoms with Crippen molar-refractivity contribution in [3.63, 3.8) is 0 Å². The Morgan fingerprint density at radius 3 is 2.60 bits per heavy atom. The third kappa shape index (κ3) is 4.70. The lowest BCUT2D eigenvalue weighted by Crippen LogP contribution is -2.28. The highest BCUT2D eigenvalue weighted by Gasteiger charge is 2.34. The normalized spacial score (nSPS) is 16.1. The number of carbonyl (C=O) groups is 1. The number of para-hydroxylation sites is 1. The first-order valence-corrected chi connectivity index (χ1v) is 12.1.